The number of rotatable bonds is 38. The standard InChI is InChI=1S/2C18H36O2.C13H16I2O3.Ca/c2*1-2-3-4-5-6-7-8-9-10-11-12-13-14-15-16-17-18(19)20;1-2-3-4-9(13(17)18)5-8-6-10(14)12(16)11(15)7-8;/h2*2-17H2,1H3,(H,19,20);6-7,9,16H,2-5H2,1H3,(H,17,18);/q;;;+2/p-2. The van der Waals surface area contributed by atoms with E-state index in [0.717, 1.165) is 51.2 Å². The molecule has 0 radical (unpaired) electrons. The Kier molecular flexibility index (Phi) is 52.9. The Balaban J connectivity index is -0.000000791. The van der Waals surface area contributed by atoms with Crippen LogP contribution in [0.25, 0.3) is 0 Å². The van der Waals surface area contributed by atoms with Crippen LogP contribution in [0.3, 0.4) is 0 Å². The molecule has 0 saturated heterocycles. The van der Waals surface area contributed by atoms with Crippen molar-refractivity contribution in [3.63, 3.8) is 0 Å². The zero-order chi connectivity index (χ0) is 43.5. The molecule has 1 aromatic rings. The van der Waals surface area contributed by atoms with E-state index in [9.17, 15) is 34.8 Å². The molecule has 59 heavy (non-hydrogen) atoms. The van der Waals surface area contributed by atoms with Crippen LogP contribution < -0.4 is 10.2 Å². The number of hydrogen-bond donors (Lipinski definition) is 2. The quantitative estimate of drug-likeness (QED) is 0.0382. The number of halogens is 2. The minimum Gasteiger partial charge on any atom is -0.550 e. The molecule has 0 aliphatic heterocycles. The van der Waals surface area contributed by atoms with E-state index in [2.05, 4.69) is 66.0 Å². The molecule has 0 aliphatic carbocycles. The summed E-state index contributed by atoms with van der Waals surface area (Å²) in [4.78, 5) is 31.6. The van der Waals surface area contributed by atoms with Crippen LogP contribution in [0.2, 0.25) is 0 Å². The number of phenolic OH excluding ortho intramolecular Hbond substituents is 1. The molecule has 0 saturated carbocycles. The van der Waals surface area contributed by atoms with Gasteiger partial charge in [-0.15, -0.1) is 0 Å². The topological polar surface area (TPSA) is 138 Å². The van der Waals surface area contributed by atoms with Gasteiger partial charge in [0, 0.05) is 11.9 Å². The van der Waals surface area contributed by atoms with E-state index < -0.39 is 17.9 Å². The fourth-order valence-corrected chi connectivity index (χ4v) is 8.96. The van der Waals surface area contributed by atoms with E-state index in [1.807, 2.05) is 12.1 Å². The third kappa shape index (κ3) is 47.5. The molecule has 0 amide bonds. The van der Waals surface area contributed by atoms with Crippen molar-refractivity contribution in [3.05, 3.63) is 24.8 Å². The Morgan fingerprint density at radius 3 is 0.983 bits per heavy atom. The van der Waals surface area contributed by atoms with E-state index in [-0.39, 0.29) is 62.2 Å². The molecule has 1 unspecified atom stereocenters. The van der Waals surface area contributed by atoms with Crippen molar-refractivity contribution in [1.82, 2.24) is 0 Å². The van der Waals surface area contributed by atoms with Gasteiger partial charge in [-0.25, -0.2) is 0 Å². The Morgan fingerprint density at radius 1 is 0.492 bits per heavy atom. The molecule has 1 atom stereocenters. The zero-order valence-corrected chi connectivity index (χ0v) is 44.6. The molecule has 1 rings (SSSR count). The third-order valence-corrected chi connectivity index (χ3v) is 12.4. The minimum absolute atomic E-state index is 0. The minimum atomic E-state index is -0.903. The first kappa shape index (κ1) is 63.4. The second-order valence-corrected chi connectivity index (χ2v) is 18.8. The van der Waals surface area contributed by atoms with Crippen LogP contribution in [0.4, 0.5) is 0 Å². The first-order chi connectivity index (χ1) is 28.0. The molecule has 7 nitrogen and oxygen atoms in total. The molecular weight excluding hydrogens is 994 g/mol. The van der Waals surface area contributed by atoms with Gasteiger partial charge in [0.2, 0.25) is 0 Å². The number of carboxylic acid groups (broad SMARTS) is 3. The average molecular weight is 1080 g/mol. The summed E-state index contributed by atoms with van der Waals surface area (Å²) in [7, 11) is 0. The van der Waals surface area contributed by atoms with Gasteiger partial charge in [-0.2, -0.15) is 0 Å². The van der Waals surface area contributed by atoms with Crippen molar-refractivity contribution in [2.45, 2.75) is 252 Å². The molecule has 0 heterocycles. The van der Waals surface area contributed by atoms with Gasteiger partial charge in [0.15, 0.2) is 0 Å². The molecule has 340 valence electrons. The fraction of sp³-hybridized carbons (Fsp3) is 0.816. The van der Waals surface area contributed by atoms with Crippen molar-refractivity contribution in [1.29, 1.82) is 0 Å². The number of aromatic hydroxyl groups is 1. The predicted molar refractivity (Wildman–Crippen MR) is 263 cm³/mol. The molecule has 0 spiro atoms. The Hall–Kier alpha value is 0.150. The van der Waals surface area contributed by atoms with Crippen LogP contribution in [0.5, 0.6) is 5.75 Å². The number of carbonyl (C=O) groups is 3. The van der Waals surface area contributed by atoms with Crippen molar-refractivity contribution >= 4 is 101 Å². The van der Waals surface area contributed by atoms with E-state index in [0.29, 0.717) is 12.8 Å². The monoisotopic (exact) mass is 1080 g/mol. The van der Waals surface area contributed by atoms with Crippen LogP contribution in [0.1, 0.15) is 251 Å². The van der Waals surface area contributed by atoms with Crippen LogP contribution >= 0.6 is 45.2 Å². The summed E-state index contributed by atoms with van der Waals surface area (Å²) in [6, 6.07) is 3.72. The van der Waals surface area contributed by atoms with Gasteiger partial charge in [-0.3, -0.25) is 4.79 Å². The smallest absolute Gasteiger partial charge is 0.550 e. The Morgan fingerprint density at radius 2 is 0.746 bits per heavy atom. The second kappa shape index (κ2) is 49.2. The molecule has 0 bridgehead atoms. The SMILES string of the molecule is CCCCC(Cc1cc(I)c(O)c(I)c1)C(=O)O.CCCCCCCCCCCCCCCCCC(=O)[O-].CCCCCCCCCCCCCCCCCC(=O)[O-].[Ca+2]. The summed E-state index contributed by atoms with van der Waals surface area (Å²) in [5.41, 5.74) is 0.977. The predicted octanol–water partition coefficient (Wildman–Crippen LogP) is 13.6. The second-order valence-electron chi connectivity index (χ2n) is 16.4. The van der Waals surface area contributed by atoms with Gasteiger partial charge in [0.25, 0.3) is 0 Å². The van der Waals surface area contributed by atoms with E-state index >= 15 is 0 Å². The molecule has 1 aromatic carbocycles. The summed E-state index contributed by atoms with van der Waals surface area (Å²) in [5.74, 6) is -2.59. The fourth-order valence-electron chi connectivity index (χ4n) is 7.07. The number of carbonyl (C=O) groups excluding carboxylic acids is 2. The number of phenols is 1. The van der Waals surface area contributed by atoms with E-state index in [4.69, 9.17) is 0 Å². The van der Waals surface area contributed by atoms with E-state index in [1.165, 1.54) is 167 Å². The van der Waals surface area contributed by atoms with Crippen LogP contribution in [0, 0.1) is 13.1 Å². The van der Waals surface area contributed by atoms with Crippen molar-refractivity contribution in [2.75, 3.05) is 0 Å². The molecule has 2 N–H and O–H groups in total. The number of aliphatic carboxylic acids is 3. The summed E-state index contributed by atoms with van der Waals surface area (Å²) in [6.45, 7) is 6.60. The van der Waals surface area contributed by atoms with Gasteiger partial charge in [-0.1, -0.05) is 213 Å². The number of unbranched alkanes of at least 4 members (excludes halogenated alkanes) is 29. The normalized spacial score (nSPS) is 11.1. The van der Waals surface area contributed by atoms with Crippen molar-refractivity contribution < 1.29 is 34.8 Å². The zero-order valence-electron chi connectivity index (χ0n) is 38.1. The maximum atomic E-state index is 11.2. The first-order valence-electron chi connectivity index (χ1n) is 23.8. The van der Waals surface area contributed by atoms with Crippen molar-refractivity contribution in [2.24, 2.45) is 5.92 Å². The van der Waals surface area contributed by atoms with Gasteiger partial charge in [-0.05, 0) is 101 Å². The first-order valence-corrected chi connectivity index (χ1v) is 25.9. The molecule has 0 fully saturated rings. The number of benzene rings is 1. The summed E-state index contributed by atoms with van der Waals surface area (Å²) >= 11 is 4.13. The van der Waals surface area contributed by atoms with Gasteiger partial charge in [0.1, 0.15) is 5.75 Å². The summed E-state index contributed by atoms with van der Waals surface area (Å²) in [5, 5.41) is 39.3. The third-order valence-electron chi connectivity index (χ3n) is 10.8. The molecule has 0 aliphatic rings. The summed E-state index contributed by atoms with van der Waals surface area (Å²) in [6.07, 6.45) is 42.9. The van der Waals surface area contributed by atoms with Crippen LogP contribution in [-0.4, -0.2) is 65.9 Å². The molecule has 10 heteroatoms. The van der Waals surface area contributed by atoms with Gasteiger partial charge < -0.3 is 30.0 Å². The van der Waals surface area contributed by atoms with Crippen molar-refractivity contribution in [3.8, 4) is 5.75 Å². The molecule has 0 aromatic heterocycles. The Labute approximate surface area is 419 Å². The Bertz CT molecular complexity index is 1040. The van der Waals surface area contributed by atoms with Crippen LogP contribution in [-0.2, 0) is 20.8 Å². The van der Waals surface area contributed by atoms with Crippen LogP contribution in [0.15, 0.2) is 12.1 Å². The number of carboxylic acids is 3. The van der Waals surface area contributed by atoms with E-state index in [1.54, 1.807) is 0 Å². The average Bonchev–Trinajstić information content (AvgIpc) is 3.18. The van der Waals surface area contributed by atoms with Gasteiger partial charge in [0.05, 0.1) is 13.1 Å². The van der Waals surface area contributed by atoms with Gasteiger partial charge >= 0.3 is 43.7 Å². The maximum Gasteiger partial charge on any atom is 2.00 e. The molecular formula is C49H86CaI2O7. The summed E-state index contributed by atoms with van der Waals surface area (Å²) < 4.78 is 1.54. The largest absolute Gasteiger partial charge is 2.00 e. The maximum absolute atomic E-state index is 11.2. The number of hydrogen-bond acceptors (Lipinski definition) is 6.